The topological polar surface area (TPSA) is 279 Å². The molecule has 0 aliphatic carbocycles. The van der Waals surface area contributed by atoms with Crippen LogP contribution in [-0.2, 0) is 45.8 Å². The zero-order valence-electron chi connectivity index (χ0n) is 37.2. The van der Waals surface area contributed by atoms with Crippen molar-refractivity contribution in [1.29, 1.82) is 0 Å². The van der Waals surface area contributed by atoms with Crippen molar-refractivity contribution in [2.75, 3.05) is 36.9 Å². The number of likely N-dealkylation sites (N-methyl/N-ethyl adjacent to an activating group) is 1. The number of ether oxygens (including phenoxy) is 2. The zero-order chi connectivity index (χ0) is 49.4. The average molecular weight is 999 g/mol. The number of thioether (sulfide) groups is 2. The average Bonchev–Trinajstić information content (AvgIpc) is 3.76. The molecule has 6 amide bonds. The van der Waals surface area contributed by atoms with Crippen molar-refractivity contribution >= 4 is 75.1 Å². The zero-order valence-corrected chi connectivity index (χ0v) is 39.6. The van der Waals surface area contributed by atoms with Crippen LogP contribution in [0, 0.1) is 6.92 Å². The van der Waals surface area contributed by atoms with Gasteiger partial charge in [-0.25, -0.2) is 14.3 Å². The van der Waals surface area contributed by atoms with E-state index in [1.807, 2.05) is 67.6 Å². The van der Waals surface area contributed by atoms with Crippen LogP contribution in [0.2, 0.25) is 0 Å². The summed E-state index contributed by atoms with van der Waals surface area (Å²) in [6.45, 7) is 3.93. The molecule has 0 saturated carbocycles. The fourth-order valence-corrected chi connectivity index (χ4v) is 9.99. The Morgan fingerprint density at radius 2 is 1.54 bits per heavy atom. The predicted molar refractivity (Wildman–Crippen MR) is 251 cm³/mol. The number of aryl methyl sites for hydroxylation is 2. The summed E-state index contributed by atoms with van der Waals surface area (Å²) < 4.78 is 42.9. The van der Waals surface area contributed by atoms with Crippen LogP contribution in [0.3, 0.4) is 0 Å². The summed E-state index contributed by atoms with van der Waals surface area (Å²) in [7, 11) is -2.34. The van der Waals surface area contributed by atoms with Gasteiger partial charge in [-0.3, -0.25) is 33.5 Å². The standard InChI is InChI=1S/C38H38N10O8S2.C7H8O3S/c1-3-46-18-19-47(33(52)32(46)51)36(53)41-27(22-14-16-26(39)17-15-22)30(49)40-28-31(50)48-34(25(20-57-35(28)48)21-58-37-42-43-44-45(37)2)56-38(54)55-29(23-10-6-4-7-11-23)24-12-8-5-9-13-24;1-6-2-4-7(5-3-6)11(8,9)10/h4-17,27-29,35H,3,18-21,39H2,1-2H3,(H,40,49)(H,41,53);2-5H,1H3,(H,8,9,10)/t27-,28+,35-;/m0./s1. The number of rotatable bonds is 13. The fourth-order valence-electron chi connectivity index (χ4n) is 7.21. The lowest BCUT2D eigenvalue weighted by Gasteiger charge is -2.49. The Kier molecular flexibility index (Phi) is 15.7. The molecule has 3 aliphatic rings. The van der Waals surface area contributed by atoms with Gasteiger partial charge in [-0.2, -0.15) is 8.42 Å². The summed E-state index contributed by atoms with van der Waals surface area (Å²) in [4.78, 5) is 83.8. The van der Waals surface area contributed by atoms with Crippen molar-refractivity contribution < 1.29 is 51.2 Å². The van der Waals surface area contributed by atoms with Crippen LogP contribution < -0.4 is 16.4 Å². The maximum absolute atomic E-state index is 14.0. The minimum Gasteiger partial charge on any atom is -0.421 e. The van der Waals surface area contributed by atoms with Gasteiger partial charge in [-0.1, -0.05) is 102 Å². The Labute approximate surface area is 404 Å². The summed E-state index contributed by atoms with van der Waals surface area (Å²) in [5.74, 6) is -2.70. The highest BCUT2D eigenvalue weighted by molar-refractivity contribution is 8.01. The molecule has 4 heterocycles. The van der Waals surface area contributed by atoms with Crippen LogP contribution in [-0.4, -0.2) is 126 Å². The molecule has 2 saturated heterocycles. The molecule has 0 unspecified atom stereocenters. The van der Waals surface area contributed by atoms with E-state index in [2.05, 4.69) is 26.2 Å². The van der Waals surface area contributed by atoms with E-state index in [9.17, 15) is 37.2 Å². The highest BCUT2D eigenvalue weighted by Crippen LogP contribution is 2.42. The number of aromatic nitrogens is 4. The van der Waals surface area contributed by atoms with E-state index in [4.69, 9.17) is 19.8 Å². The molecule has 360 valence electrons. The first-order valence-corrected chi connectivity index (χ1v) is 24.6. The third kappa shape index (κ3) is 11.7. The SMILES string of the molecule is CCN1CCN(C(=O)N[C@H](C(=O)N[C@@H]2C(=O)N3C(OC(=O)OC(c4ccccc4)c4ccccc4)=C(CSc4nnnn4C)CS[C@@H]23)c2ccc(N)cc2)C(=O)C1=O.Cc1ccc(S(=O)(=O)O)cc1. The van der Waals surface area contributed by atoms with Gasteiger partial charge in [0.25, 0.3) is 16.0 Å². The molecule has 2 fully saturated rings. The number of β-lactam (4-membered cyclic amide) rings is 1. The van der Waals surface area contributed by atoms with Crippen LogP contribution in [0.4, 0.5) is 15.3 Å². The van der Waals surface area contributed by atoms with Crippen LogP contribution in [0.5, 0.6) is 0 Å². The number of fused-ring (bicyclic) bond motifs is 1. The second-order valence-electron chi connectivity index (χ2n) is 15.5. The van der Waals surface area contributed by atoms with Crippen molar-refractivity contribution in [3.8, 4) is 0 Å². The molecular formula is C45H46N10O11S3. The molecule has 3 atom stereocenters. The van der Waals surface area contributed by atoms with Crippen molar-refractivity contribution in [1.82, 2.24) is 45.5 Å². The third-order valence-electron chi connectivity index (χ3n) is 10.9. The maximum atomic E-state index is 14.0. The Hall–Kier alpha value is -7.28. The van der Waals surface area contributed by atoms with E-state index in [1.54, 1.807) is 26.1 Å². The lowest BCUT2D eigenvalue weighted by molar-refractivity contribution is -0.153. The van der Waals surface area contributed by atoms with Crippen molar-refractivity contribution in [3.05, 3.63) is 143 Å². The monoisotopic (exact) mass is 998 g/mol. The minimum atomic E-state index is -4.02. The Balaban J connectivity index is 0.000000563. The van der Waals surface area contributed by atoms with Gasteiger partial charge in [-0.05, 0) is 65.2 Å². The smallest absolute Gasteiger partial charge is 0.421 e. The van der Waals surface area contributed by atoms with Crippen molar-refractivity contribution in [2.45, 2.75) is 47.5 Å². The number of hydrogen-bond acceptors (Lipinski definition) is 16. The molecule has 8 rings (SSSR count). The molecular weight excluding hydrogens is 953 g/mol. The first kappa shape index (κ1) is 49.6. The summed E-state index contributed by atoms with van der Waals surface area (Å²) in [5, 5.41) is 16.6. The number of amides is 6. The number of carbonyl (C=O) groups is 6. The molecule has 3 aliphatic heterocycles. The number of imide groups is 1. The van der Waals surface area contributed by atoms with Gasteiger partial charge < -0.3 is 30.7 Å². The third-order valence-corrected chi connectivity index (χ3v) is 14.2. The molecule has 0 bridgehead atoms. The molecule has 4 aromatic carbocycles. The first-order valence-electron chi connectivity index (χ1n) is 21.2. The number of nitrogens with two attached hydrogens (primary N) is 1. The summed E-state index contributed by atoms with van der Waals surface area (Å²) in [6.07, 6.45) is -1.88. The predicted octanol–water partition coefficient (Wildman–Crippen LogP) is 3.82. The number of piperazine rings is 1. The Morgan fingerprint density at radius 3 is 2.12 bits per heavy atom. The molecule has 5 aromatic rings. The lowest BCUT2D eigenvalue weighted by atomic mass is 10.0. The van der Waals surface area contributed by atoms with E-state index in [0.29, 0.717) is 45.4 Å². The molecule has 0 radical (unpaired) electrons. The van der Waals surface area contributed by atoms with Crippen LogP contribution in [0.25, 0.3) is 0 Å². The highest BCUT2D eigenvalue weighted by Gasteiger charge is 2.55. The van der Waals surface area contributed by atoms with Crippen LogP contribution in [0.1, 0.15) is 41.3 Å². The molecule has 5 N–H and O–H groups in total. The minimum absolute atomic E-state index is 0.0375. The highest BCUT2D eigenvalue weighted by atomic mass is 32.2. The van der Waals surface area contributed by atoms with E-state index >= 15 is 0 Å². The second kappa shape index (κ2) is 21.8. The van der Waals surface area contributed by atoms with Crippen LogP contribution in [0.15, 0.2) is 131 Å². The van der Waals surface area contributed by atoms with Gasteiger partial charge in [0.1, 0.15) is 17.5 Å². The molecule has 21 nitrogen and oxygen atoms in total. The van der Waals surface area contributed by atoms with E-state index in [-0.39, 0.29) is 29.6 Å². The molecule has 1 aromatic heterocycles. The van der Waals surface area contributed by atoms with Gasteiger partial charge >= 0.3 is 24.0 Å². The van der Waals surface area contributed by atoms with Crippen molar-refractivity contribution in [2.24, 2.45) is 7.05 Å². The van der Waals surface area contributed by atoms with Gasteiger partial charge in [0.15, 0.2) is 6.10 Å². The fraction of sp³-hybridized carbons (Fsp3) is 0.267. The van der Waals surface area contributed by atoms with E-state index in [0.717, 1.165) is 10.5 Å². The Morgan fingerprint density at radius 1 is 0.899 bits per heavy atom. The van der Waals surface area contributed by atoms with Gasteiger partial charge in [0.2, 0.25) is 16.9 Å². The van der Waals surface area contributed by atoms with E-state index < -0.39 is 69.5 Å². The summed E-state index contributed by atoms with van der Waals surface area (Å²) >= 11 is 2.61. The second-order valence-corrected chi connectivity index (χ2v) is 19.0. The number of hydrogen-bond donors (Lipinski definition) is 4. The number of benzene rings is 4. The normalized spacial score (nSPS) is 17.3. The number of anilines is 1. The largest absolute Gasteiger partial charge is 0.516 e. The number of nitrogens with zero attached hydrogens (tertiary/aromatic N) is 7. The summed E-state index contributed by atoms with van der Waals surface area (Å²) in [6, 6.07) is 27.0. The van der Waals surface area contributed by atoms with Crippen LogP contribution >= 0.6 is 23.5 Å². The van der Waals surface area contributed by atoms with E-state index in [1.165, 1.54) is 74.4 Å². The summed E-state index contributed by atoms with van der Waals surface area (Å²) in [5.41, 5.74) is 9.53. The molecule has 24 heteroatoms. The number of urea groups is 1. The quantitative estimate of drug-likeness (QED) is 0.0326. The van der Waals surface area contributed by atoms with Gasteiger partial charge in [-0.15, -0.1) is 16.9 Å². The number of nitrogens with one attached hydrogen (secondary N) is 2. The molecule has 0 spiro atoms. The first-order chi connectivity index (χ1) is 33.0. The number of tetrazole rings is 1. The van der Waals surface area contributed by atoms with Crippen molar-refractivity contribution in [3.63, 3.8) is 0 Å². The number of nitrogen functional groups attached to an aromatic ring is 1. The maximum Gasteiger partial charge on any atom is 0.516 e. The van der Waals surface area contributed by atoms with Gasteiger partial charge in [0.05, 0.1) is 4.90 Å². The van der Waals surface area contributed by atoms with Gasteiger partial charge in [0, 0.05) is 49.4 Å². The number of carbonyl (C=O) groups excluding carboxylic acids is 6. The molecule has 69 heavy (non-hydrogen) atoms. The Bertz CT molecular complexity index is 2810. The lowest BCUT2D eigenvalue weighted by Crippen LogP contribution is -2.71.